The van der Waals surface area contributed by atoms with Gasteiger partial charge in [-0.05, 0) is 31.6 Å². The number of aliphatic hydroxyl groups is 1. The van der Waals surface area contributed by atoms with Crippen LogP contribution in [0.2, 0.25) is 0 Å². The zero-order chi connectivity index (χ0) is 11.6. The van der Waals surface area contributed by atoms with Crippen LogP contribution in [0.3, 0.4) is 0 Å². The molecule has 2 N–H and O–H groups in total. The third-order valence-electron chi connectivity index (χ3n) is 3.70. The van der Waals surface area contributed by atoms with Crippen LogP contribution in [0.1, 0.15) is 44.1 Å². The molecule has 1 heterocycles. The Balaban J connectivity index is 2.20. The van der Waals surface area contributed by atoms with E-state index in [0.29, 0.717) is 0 Å². The van der Waals surface area contributed by atoms with E-state index >= 15 is 0 Å². The van der Waals surface area contributed by atoms with E-state index in [-0.39, 0.29) is 12.2 Å². The Morgan fingerprint density at radius 2 is 2.25 bits per heavy atom. The van der Waals surface area contributed by atoms with Crippen molar-refractivity contribution < 1.29 is 9.84 Å². The number of hydrogen-bond donors (Lipinski definition) is 2. The van der Waals surface area contributed by atoms with E-state index in [4.69, 9.17) is 9.84 Å². The maximum Gasteiger partial charge on any atom is 0.138 e. The summed E-state index contributed by atoms with van der Waals surface area (Å²) in [5, 5.41) is 9.04. The van der Waals surface area contributed by atoms with Crippen LogP contribution < -0.4 is 0 Å². The van der Waals surface area contributed by atoms with Crippen molar-refractivity contribution in [3.05, 3.63) is 17.7 Å². The Morgan fingerprint density at radius 3 is 2.75 bits per heavy atom. The van der Waals surface area contributed by atoms with Crippen molar-refractivity contribution in [2.75, 3.05) is 7.11 Å². The molecule has 1 aliphatic carbocycles. The molecule has 1 saturated carbocycles. The Kier molecular flexibility index (Phi) is 3.30. The molecule has 4 nitrogen and oxygen atoms in total. The fourth-order valence-electron chi connectivity index (χ4n) is 2.44. The summed E-state index contributed by atoms with van der Waals surface area (Å²) in [4.78, 5) is 7.49. The molecule has 0 bridgehead atoms. The van der Waals surface area contributed by atoms with Crippen molar-refractivity contribution in [2.24, 2.45) is 5.92 Å². The number of aromatic nitrogens is 2. The maximum atomic E-state index is 9.04. The summed E-state index contributed by atoms with van der Waals surface area (Å²) < 4.78 is 5.70. The lowest BCUT2D eigenvalue weighted by molar-refractivity contribution is -0.0592. The van der Waals surface area contributed by atoms with Crippen molar-refractivity contribution in [1.82, 2.24) is 9.97 Å². The molecular weight excluding hydrogens is 204 g/mol. The van der Waals surface area contributed by atoms with Gasteiger partial charge in [0.2, 0.25) is 0 Å². The minimum atomic E-state index is -0.264. The van der Waals surface area contributed by atoms with E-state index in [1.807, 2.05) is 0 Å². The molecule has 0 aliphatic heterocycles. The number of hydrogen-bond acceptors (Lipinski definition) is 3. The topological polar surface area (TPSA) is 58.1 Å². The van der Waals surface area contributed by atoms with E-state index < -0.39 is 0 Å². The highest BCUT2D eigenvalue weighted by molar-refractivity contribution is 5.09. The summed E-state index contributed by atoms with van der Waals surface area (Å²) in [6, 6.07) is 0. The number of aliphatic hydroxyl groups excluding tert-OH is 1. The van der Waals surface area contributed by atoms with Gasteiger partial charge in [0.05, 0.1) is 18.5 Å². The normalized spacial score (nSPS) is 30.6. The average Bonchev–Trinajstić information content (AvgIpc) is 2.80. The first-order valence-corrected chi connectivity index (χ1v) is 5.90. The molecule has 0 aromatic carbocycles. The number of imidazole rings is 1. The predicted molar refractivity (Wildman–Crippen MR) is 60.8 cm³/mol. The molecule has 0 saturated heterocycles. The molecule has 0 spiro atoms. The summed E-state index contributed by atoms with van der Waals surface area (Å²) in [6.07, 6.45) is 6.03. The average molecular weight is 224 g/mol. The first kappa shape index (κ1) is 11.6. The first-order valence-electron chi connectivity index (χ1n) is 5.90. The van der Waals surface area contributed by atoms with Gasteiger partial charge < -0.3 is 14.8 Å². The van der Waals surface area contributed by atoms with Gasteiger partial charge in [0.25, 0.3) is 0 Å². The molecule has 2 rings (SSSR count). The highest BCUT2D eigenvalue weighted by Gasteiger charge is 2.38. The second-order valence-electron chi connectivity index (χ2n) is 4.80. The Bertz CT molecular complexity index is 341. The minimum absolute atomic E-state index is 0.00317. The van der Waals surface area contributed by atoms with Gasteiger partial charge >= 0.3 is 0 Å². The third kappa shape index (κ3) is 1.99. The summed E-state index contributed by atoms with van der Waals surface area (Å²) in [5.74, 6) is 1.64. The summed E-state index contributed by atoms with van der Waals surface area (Å²) >= 11 is 0. The van der Waals surface area contributed by atoms with Crippen LogP contribution in [-0.4, -0.2) is 22.2 Å². The number of nitrogens with one attached hydrogen (secondary N) is 1. The number of nitrogens with zero attached hydrogens (tertiary/aromatic N) is 1. The Labute approximate surface area is 96.0 Å². The molecule has 0 atom stereocenters. The fraction of sp³-hybridized carbons (Fsp3) is 0.750. The third-order valence-corrected chi connectivity index (χ3v) is 3.70. The van der Waals surface area contributed by atoms with Crippen LogP contribution in [0.5, 0.6) is 0 Å². The second-order valence-corrected chi connectivity index (χ2v) is 4.80. The largest absolute Gasteiger partial charge is 0.390 e. The monoisotopic (exact) mass is 224 g/mol. The minimum Gasteiger partial charge on any atom is -0.390 e. The van der Waals surface area contributed by atoms with Crippen LogP contribution in [0.25, 0.3) is 0 Å². The van der Waals surface area contributed by atoms with E-state index in [0.717, 1.165) is 30.3 Å². The molecule has 16 heavy (non-hydrogen) atoms. The molecule has 90 valence electrons. The van der Waals surface area contributed by atoms with Gasteiger partial charge in [0.15, 0.2) is 0 Å². The number of H-pyrrole nitrogens is 1. The zero-order valence-corrected chi connectivity index (χ0v) is 9.99. The SMILES string of the molecule is COC1(c2ncc(CO)[nH]2)CCC(C)CC1. The summed E-state index contributed by atoms with van der Waals surface area (Å²) in [7, 11) is 1.75. The second kappa shape index (κ2) is 4.55. The van der Waals surface area contributed by atoms with Gasteiger partial charge in [-0.15, -0.1) is 0 Å². The Hall–Kier alpha value is -0.870. The fourth-order valence-corrected chi connectivity index (χ4v) is 2.44. The van der Waals surface area contributed by atoms with Crippen molar-refractivity contribution >= 4 is 0 Å². The van der Waals surface area contributed by atoms with E-state index in [9.17, 15) is 0 Å². The van der Waals surface area contributed by atoms with Gasteiger partial charge in [0.1, 0.15) is 11.4 Å². The zero-order valence-electron chi connectivity index (χ0n) is 9.99. The van der Waals surface area contributed by atoms with Gasteiger partial charge in [0, 0.05) is 7.11 Å². The maximum absolute atomic E-state index is 9.04. The van der Waals surface area contributed by atoms with Crippen molar-refractivity contribution in [3.8, 4) is 0 Å². The molecule has 0 radical (unpaired) electrons. The van der Waals surface area contributed by atoms with Crippen LogP contribution in [0, 0.1) is 5.92 Å². The lowest BCUT2D eigenvalue weighted by atomic mass is 9.79. The lowest BCUT2D eigenvalue weighted by Crippen LogP contribution is -2.34. The summed E-state index contributed by atoms with van der Waals surface area (Å²) in [6.45, 7) is 2.28. The molecular formula is C12H20N2O2. The first-order chi connectivity index (χ1) is 7.70. The highest BCUT2D eigenvalue weighted by Crippen LogP contribution is 2.40. The molecule has 1 fully saturated rings. The van der Waals surface area contributed by atoms with Crippen LogP contribution in [-0.2, 0) is 16.9 Å². The number of methoxy groups -OCH3 is 1. The molecule has 0 amide bonds. The van der Waals surface area contributed by atoms with Gasteiger partial charge in [-0.25, -0.2) is 4.98 Å². The van der Waals surface area contributed by atoms with Crippen LogP contribution in [0.15, 0.2) is 6.20 Å². The van der Waals surface area contributed by atoms with Crippen LogP contribution in [0.4, 0.5) is 0 Å². The molecule has 0 unspecified atom stereocenters. The van der Waals surface area contributed by atoms with Crippen molar-refractivity contribution in [1.29, 1.82) is 0 Å². The van der Waals surface area contributed by atoms with E-state index in [1.165, 1.54) is 12.8 Å². The van der Waals surface area contributed by atoms with E-state index in [1.54, 1.807) is 13.3 Å². The van der Waals surface area contributed by atoms with Crippen LogP contribution >= 0.6 is 0 Å². The smallest absolute Gasteiger partial charge is 0.138 e. The number of ether oxygens (including phenoxy) is 1. The van der Waals surface area contributed by atoms with Gasteiger partial charge in [-0.1, -0.05) is 6.92 Å². The van der Waals surface area contributed by atoms with Crippen molar-refractivity contribution in [2.45, 2.75) is 44.8 Å². The van der Waals surface area contributed by atoms with E-state index in [2.05, 4.69) is 16.9 Å². The standard InChI is InChI=1S/C12H20N2O2/c1-9-3-5-12(16-2,6-4-9)11-13-7-10(8-15)14-11/h7,9,15H,3-6,8H2,1-2H3,(H,13,14). The lowest BCUT2D eigenvalue weighted by Gasteiger charge is -2.36. The molecule has 1 aromatic rings. The quantitative estimate of drug-likeness (QED) is 0.825. The molecule has 4 heteroatoms. The van der Waals surface area contributed by atoms with Gasteiger partial charge in [-0.3, -0.25) is 0 Å². The van der Waals surface area contributed by atoms with Crippen molar-refractivity contribution in [3.63, 3.8) is 0 Å². The molecule has 1 aromatic heterocycles. The number of aromatic amines is 1. The molecule has 1 aliphatic rings. The predicted octanol–water partition coefficient (Wildman–Crippen LogP) is 1.95. The Morgan fingerprint density at radius 1 is 1.56 bits per heavy atom. The summed E-state index contributed by atoms with van der Waals surface area (Å²) in [5.41, 5.74) is 0.491. The van der Waals surface area contributed by atoms with Gasteiger partial charge in [-0.2, -0.15) is 0 Å². The highest BCUT2D eigenvalue weighted by atomic mass is 16.5. The number of rotatable bonds is 3.